The van der Waals surface area contributed by atoms with Crippen molar-refractivity contribution in [3.05, 3.63) is 32.9 Å². The smallest absolute Gasteiger partial charge is 0.279 e. The second-order valence-electron chi connectivity index (χ2n) is 7.25. The van der Waals surface area contributed by atoms with Crippen LogP contribution in [0.5, 0.6) is 0 Å². The standard InChI is InChI=1S/C20H23F4N3S3.C2H6/c1-7-28-15-14-12(9-13(30-14)20(4,23)24)29-16(15)18-26-11(17(25-5)27(18)6)8-10(2)19(3,21)22;1-2/h8-9,15-16H,5,7H2,1-4,6H3;1-2H3/b10-8+;. The van der Waals surface area contributed by atoms with E-state index in [2.05, 4.69) is 16.7 Å². The van der Waals surface area contributed by atoms with Gasteiger partial charge in [0.2, 0.25) is 0 Å². The van der Waals surface area contributed by atoms with E-state index in [4.69, 9.17) is 0 Å². The van der Waals surface area contributed by atoms with Crippen LogP contribution in [0.4, 0.5) is 23.4 Å². The highest BCUT2D eigenvalue weighted by atomic mass is 32.2. The van der Waals surface area contributed by atoms with E-state index in [1.54, 1.807) is 29.4 Å². The van der Waals surface area contributed by atoms with Gasteiger partial charge in [-0.1, -0.05) is 20.8 Å². The molecule has 10 heteroatoms. The van der Waals surface area contributed by atoms with Gasteiger partial charge in [-0.15, -0.1) is 23.1 Å². The van der Waals surface area contributed by atoms with Crippen LogP contribution in [0.2, 0.25) is 0 Å². The van der Waals surface area contributed by atoms with E-state index in [0.717, 1.165) is 40.7 Å². The van der Waals surface area contributed by atoms with Crippen LogP contribution in [0.1, 0.15) is 73.3 Å². The SMILES string of the molecule is C=Nc1c(/C=C(\C)C(C)(F)F)nc(C2Sc3cc(C(C)(F)F)sc3C2SCC)n1C.CC. The number of imidazole rings is 1. The minimum Gasteiger partial charge on any atom is -0.315 e. The van der Waals surface area contributed by atoms with Crippen LogP contribution < -0.4 is 0 Å². The van der Waals surface area contributed by atoms with Gasteiger partial charge in [0.05, 0.1) is 15.4 Å². The van der Waals surface area contributed by atoms with Gasteiger partial charge in [-0.2, -0.15) is 11.8 Å². The first-order valence-electron chi connectivity index (χ1n) is 10.3. The number of thioether (sulfide) groups is 2. The molecule has 178 valence electrons. The number of aromatic nitrogens is 2. The Labute approximate surface area is 199 Å². The predicted octanol–water partition coefficient (Wildman–Crippen LogP) is 8.65. The molecule has 3 nitrogen and oxygen atoms in total. The van der Waals surface area contributed by atoms with Crippen LogP contribution in [-0.4, -0.2) is 27.9 Å². The minimum atomic E-state index is -2.97. The maximum atomic E-state index is 13.8. The molecule has 2 aromatic heterocycles. The van der Waals surface area contributed by atoms with E-state index in [-0.39, 0.29) is 21.0 Å². The number of allylic oxidation sites excluding steroid dienone is 1. The van der Waals surface area contributed by atoms with Crippen LogP contribution in [0.25, 0.3) is 6.08 Å². The average Bonchev–Trinajstić information content (AvgIpc) is 3.35. The van der Waals surface area contributed by atoms with Crippen molar-refractivity contribution in [1.82, 2.24) is 9.55 Å². The zero-order valence-corrected chi connectivity index (χ0v) is 21.8. The maximum Gasteiger partial charge on any atom is 0.279 e. The molecule has 1 aliphatic heterocycles. The molecule has 2 atom stereocenters. The van der Waals surface area contributed by atoms with E-state index >= 15 is 0 Å². The quantitative estimate of drug-likeness (QED) is 0.277. The van der Waals surface area contributed by atoms with Crippen molar-refractivity contribution in [2.75, 3.05) is 5.75 Å². The highest BCUT2D eigenvalue weighted by Gasteiger charge is 2.42. The van der Waals surface area contributed by atoms with Crippen LogP contribution in [0.3, 0.4) is 0 Å². The fourth-order valence-corrected chi connectivity index (χ4v) is 7.63. The van der Waals surface area contributed by atoms with Gasteiger partial charge in [-0.05, 0) is 37.1 Å². The Morgan fingerprint density at radius 1 is 1.31 bits per heavy atom. The topological polar surface area (TPSA) is 30.2 Å². The maximum absolute atomic E-state index is 13.8. The second-order valence-corrected chi connectivity index (χ2v) is 10.9. The molecule has 0 saturated heterocycles. The van der Waals surface area contributed by atoms with E-state index in [0.29, 0.717) is 17.3 Å². The van der Waals surface area contributed by atoms with Crippen LogP contribution >= 0.6 is 34.9 Å². The molecule has 2 unspecified atom stereocenters. The van der Waals surface area contributed by atoms with Crippen molar-refractivity contribution in [1.29, 1.82) is 0 Å². The van der Waals surface area contributed by atoms with Crippen LogP contribution in [0, 0.1) is 0 Å². The molecule has 0 bridgehead atoms. The molecule has 0 fully saturated rings. The summed E-state index contributed by atoms with van der Waals surface area (Å²) in [4.78, 5) is 10.4. The van der Waals surface area contributed by atoms with E-state index in [1.165, 1.54) is 24.8 Å². The third-order valence-electron chi connectivity index (χ3n) is 4.87. The number of fused-ring (bicyclic) bond motifs is 1. The molecule has 32 heavy (non-hydrogen) atoms. The van der Waals surface area contributed by atoms with Crippen molar-refractivity contribution < 1.29 is 17.6 Å². The van der Waals surface area contributed by atoms with Crippen molar-refractivity contribution in [3.63, 3.8) is 0 Å². The normalized spacial score (nSPS) is 18.9. The number of hydrogen-bond acceptors (Lipinski definition) is 5. The van der Waals surface area contributed by atoms with Gasteiger partial charge < -0.3 is 4.57 Å². The fourth-order valence-electron chi connectivity index (χ4n) is 3.16. The molecule has 2 aromatic rings. The number of aliphatic imine (C=N–C) groups is 1. The van der Waals surface area contributed by atoms with E-state index < -0.39 is 11.8 Å². The third kappa shape index (κ3) is 5.44. The van der Waals surface area contributed by atoms with Gasteiger partial charge in [0.25, 0.3) is 11.8 Å². The number of hydrogen-bond donors (Lipinski definition) is 0. The molecule has 0 aromatic carbocycles. The predicted molar refractivity (Wildman–Crippen MR) is 131 cm³/mol. The lowest BCUT2D eigenvalue weighted by Gasteiger charge is -2.18. The van der Waals surface area contributed by atoms with Crippen LogP contribution in [-0.2, 0) is 13.0 Å². The summed E-state index contributed by atoms with van der Waals surface area (Å²) in [6.45, 7) is 12.7. The summed E-state index contributed by atoms with van der Waals surface area (Å²) in [5.41, 5.74) is 0.211. The van der Waals surface area contributed by atoms with Crippen molar-refractivity contribution >= 4 is 53.5 Å². The molecular formula is C22H29F4N3S3. The Morgan fingerprint density at radius 2 is 1.94 bits per heavy atom. The van der Waals surface area contributed by atoms with Gasteiger partial charge in [-0.25, -0.2) is 27.5 Å². The van der Waals surface area contributed by atoms with Gasteiger partial charge in [0.15, 0.2) is 5.82 Å². The molecule has 0 spiro atoms. The first kappa shape index (κ1) is 27.0. The molecule has 1 aliphatic rings. The zero-order chi connectivity index (χ0) is 24.4. The molecule has 0 radical (unpaired) electrons. The number of halogens is 4. The zero-order valence-electron chi connectivity index (χ0n) is 19.3. The van der Waals surface area contributed by atoms with Gasteiger partial charge >= 0.3 is 0 Å². The number of thiophene rings is 1. The Kier molecular flexibility index (Phi) is 8.72. The third-order valence-corrected chi connectivity index (χ3v) is 9.24. The van der Waals surface area contributed by atoms with E-state index in [9.17, 15) is 17.6 Å². The minimum absolute atomic E-state index is 0.0536. The fraction of sp³-hybridized carbons (Fsp3) is 0.545. The summed E-state index contributed by atoms with van der Waals surface area (Å²) in [6, 6.07) is 1.56. The Bertz CT molecular complexity index is 984. The van der Waals surface area contributed by atoms with Crippen molar-refractivity contribution in [2.45, 2.75) is 68.8 Å². The molecule has 0 saturated carbocycles. The summed E-state index contributed by atoms with van der Waals surface area (Å²) in [6.07, 6.45) is 1.33. The molecule has 0 aliphatic carbocycles. The lowest BCUT2D eigenvalue weighted by atomic mass is 10.1. The highest BCUT2D eigenvalue weighted by molar-refractivity contribution is 8.04. The Hall–Kier alpha value is -1.26. The summed E-state index contributed by atoms with van der Waals surface area (Å²) < 4.78 is 56.7. The van der Waals surface area contributed by atoms with Gasteiger partial charge in [0.1, 0.15) is 11.5 Å². The number of rotatable bonds is 7. The number of nitrogens with zero attached hydrogens (tertiary/aromatic N) is 3. The summed E-state index contributed by atoms with van der Waals surface area (Å²) in [5, 5.41) is -0.189. The van der Waals surface area contributed by atoms with Crippen molar-refractivity contribution in [2.24, 2.45) is 12.0 Å². The lowest BCUT2D eigenvalue weighted by molar-refractivity contribution is 0.0214. The highest BCUT2D eigenvalue weighted by Crippen LogP contribution is 2.62. The van der Waals surface area contributed by atoms with E-state index in [1.807, 2.05) is 20.8 Å². The Morgan fingerprint density at radius 3 is 2.44 bits per heavy atom. The Balaban J connectivity index is 0.00000176. The average molecular weight is 508 g/mol. The first-order chi connectivity index (χ1) is 14.9. The van der Waals surface area contributed by atoms with Crippen LogP contribution in [0.15, 0.2) is 21.5 Å². The monoisotopic (exact) mass is 507 g/mol. The second kappa shape index (κ2) is 10.3. The van der Waals surface area contributed by atoms with Gasteiger partial charge in [0, 0.05) is 30.7 Å². The lowest BCUT2D eigenvalue weighted by Crippen LogP contribution is -2.10. The van der Waals surface area contributed by atoms with Crippen molar-refractivity contribution in [3.8, 4) is 0 Å². The summed E-state index contributed by atoms with van der Waals surface area (Å²) in [5.74, 6) is -3.96. The summed E-state index contributed by atoms with van der Waals surface area (Å²) in [7, 11) is 1.77. The van der Waals surface area contributed by atoms with Gasteiger partial charge in [-0.3, -0.25) is 0 Å². The molecule has 0 amide bonds. The number of alkyl halides is 4. The molecule has 0 N–H and O–H groups in total. The molecule has 3 heterocycles. The molecule has 3 rings (SSSR count). The first-order valence-corrected chi connectivity index (χ1v) is 13.0. The summed E-state index contributed by atoms with van der Waals surface area (Å²) >= 11 is 4.29. The largest absolute Gasteiger partial charge is 0.315 e. The molecular weight excluding hydrogens is 478 g/mol.